The molecule has 2 fully saturated rings. The van der Waals surface area contributed by atoms with Crippen molar-refractivity contribution in [1.29, 1.82) is 0 Å². The van der Waals surface area contributed by atoms with E-state index in [1.165, 1.54) is 12.8 Å². The van der Waals surface area contributed by atoms with E-state index >= 15 is 0 Å². The van der Waals surface area contributed by atoms with Gasteiger partial charge in [-0.05, 0) is 56.6 Å². The Morgan fingerprint density at radius 3 is 2.80 bits per heavy atom. The van der Waals surface area contributed by atoms with E-state index in [1.54, 1.807) is 12.5 Å². The number of rotatable bonds is 5. The van der Waals surface area contributed by atoms with E-state index in [1.807, 2.05) is 47.0 Å². The molecule has 10 heteroatoms. The molecule has 1 atom stereocenters. The fraction of sp³-hybridized carbons (Fsp3) is 0.360. The lowest BCUT2D eigenvalue weighted by Gasteiger charge is -2.23. The Labute approximate surface area is 208 Å². The van der Waals surface area contributed by atoms with E-state index < -0.39 is 0 Å². The molecule has 1 aromatic carbocycles. The van der Waals surface area contributed by atoms with Crippen LogP contribution in [0.3, 0.4) is 0 Å². The zero-order valence-electron chi connectivity index (χ0n) is 19.5. The number of aromatic nitrogens is 5. The smallest absolute Gasteiger partial charge is 0.270 e. The summed E-state index contributed by atoms with van der Waals surface area (Å²) < 4.78 is 1.87. The van der Waals surface area contributed by atoms with Gasteiger partial charge >= 0.3 is 0 Å². The van der Waals surface area contributed by atoms with Crippen LogP contribution >= 0.6 is 11.6 Å². The van der Waals surface area contributed by atoms with E-state index in [9.17, 15) is 4.79 Å². The highest BCUT2D eigenvalue weighted by Crippen LogP contribution is 2.31. The lowest BCUT2D eigenvalue weighted by Crippen LogP contribution is -2.37. The van der Waals surface area contributed by atoms with Crippen LogP contribution in [-0.4, -0.2) is 72.4 Å². The van der Waals surface area contributed by atoms with E-state index in [2.05, 4.69) is 30.2 Å². The number of anilines is 2. The van der Waals surface area contributed by atoms with Crippen molar-refractivity contribution in [2.75, 3.05) is 31.5 Å². The third-order valence-electron chi connectivity index (χ3n) is 6.90. The van der Waals surface area contributed by atoms with Crippen LogP contribution in [0.25, 0.3) is 22.3 Å². The second-order valence-corrected chi connectivity index (χ2v) is 9.76. The number of carbonyl (C=O) groups excluding carboxylic acids is 1. The number of hydrogen-bond acceptors (Lipinski definition) is 6. The number of nitrogens with zero attached hydrogens (tertiary/aromatic N) is 6. The number of nitrogens with one attached hydrogen (secondary N) is 2. The van der Waals surface area contributed by atoms with Crippen molar-refractivity contribution in [3.05, 3.63) is 53.7 Å². The summed E-state index contributed by atoms with van der Waals surface area (Å²) in [7, 11) is 1.92. The number of amides is 1. The first-order valence-corrected chi connectivity index (χ1v) is 12.4. The maximum Gasteiger partial charge on any atom is 0.270 e. The molecule has 0 radical (unpaired) electrons. The van der Waals surface area contributed by atoms with Gasteiger partial charge in [0.1, 0.15) is 11.4 Å². The van der Waals surface area contributed by atoms with Gasteiger partial charge in [0, 0.05) is 49.6 Å². The fourth-order valence-electron chi connectivity index (χ4n) is 5.12. The largest absolute Gasteiger partial charge is 0.349 e. The number of likely N-dealkylation sites (tertiary alicyclic amines) is 2. The van der Waals surface area contributed by atoms with Crippen LogP contribution in [0.5, 0.6) is 0 Å². The second kappa shape index (κ2) is 8.98. The maximum absolute atomic E-state index is 13.2. The molecule has 2 saturated heterocycles. The summed E-state index contributed by atoms with van der Waals surface area (Å²) in [4.78, 5) is 34.2. The molecule has 2 N–H and O–H groups in total. The molecule has 2 aliphatic heterocycles. The van der Waals surface area contributed by atoms with E-state index in [4.69, 9.17) is 11.6 Å². The summed E-state index contributed by atoms with van der Waals surface area (Å²) in [6.07, 6.45) is 8.90. The number of hydrogen-bond donors (Lipinski definition) is 2. The van der Waals surface area contributed by atoms with Crippen molar-refractivity contribution in [3.8, 4) is 11.4 Å². The SMILES string of the molecule is Cn1cnc(-c2ccnc(Nc3cc(Cl)c4[nH]c(C(=O)N5CCC(N6CCCC6)C5)cc4c3)n2)c1. The molecular weight excluding hydrogens is 464 g/mol. The van der Waals surface area contributed by atoms with Gasteiger partial charge in [-0.2, -0.15) is 0 Å². The van der Waals surface area contributed by atoms with Gasteiger partial charge in [0.15, 0.2) is 0 Å². The van der Waals surface area contributed by atoms with Crippen LogP contribution in [0.1, 0.15) is 29.8 Å². The fourth-order valence-corrected chi connectivity index (χ4v) is 5.40. The van der Waals surface area contributed by atoms with Crippen LogP contribution < -0.4 is 5.32 Å². The monoisotopic (exact) mass is 490 g/mol. The van der Waals surface area contributed by atoms with Crippen LogP contribution in [0, 0.1) is 0 Å². The van der Waals surface area contributed by atoms with Gasteiger partial charge in [0.25, 0.3) is 5.91 Å². The molecule has 5 heterocycles. The summed E-state index contributed by atoms with van der Waals surface area (Å²) in [5.74, 6) is 0.472. The molecule has 1 amide bonds. The standard InChI is InChI=1S/C25H27ClN8O/c1-32-14-22(28-15-32)20-4-6-27-25(31-20)29-17-10-16-11-21(30-23(16)19(26)12-17)24(35)34-9-5-18(13-34)33-7-2-3-8-33/h4,6,10-12,14-15,18,30H,2-3,5,7-9,13H2,1H3,(H,27,29,31). The average molecular weight is 491 g/mol. The zero-order chi connectivity index (χ0) is 23.9. The normalized spacial score (nSPS) is 18.6. The summed E-state index contributed by atoms with van der Waals surface area (Å²) in [6.45, 7) is 3.89. The first-order chi connectivity index (χ1) is 17.0. The quantitative estimate of drug-likeness (QED) is 0.438. The van der Waals surface area contributed by atoms with Crippen molar-refractivity contribution >= 4 is 40.0 Å². The number of fused-ring (bicyclic) bond motifs is 1. The number of H-pyrrole nitrogens is 1. The molecular formula is C25H27ClN8O. The molecule has 1 unspecified atom stereocenters. The predicted molar refractivity (Wildman–Crippen MR) is 136 cm³/mol. The minimum atomic E-state index is 0.0277. The van der Waals surface area contributed by atoms with Crippen molar-refractivity contribution in [2.24, 2.45) is 7.05 Å². The Morgan fingerprint density at radius 1 is 1.14 bits per heavy atom. The van der Waals surface area contributed by atoms with E-state index in [0.717, 1.165) is 60.6 Å². The molecule has 9 nitrogen and oxygen atoms in total. The molecule has 180 valence electrons. The maximum atomic E-state index is 13.2. The third kappa shape index (κ3) is 4.37. The number of benzene rings is 1. The number of carbonyl (C=O) groups is 1. The van der Waals surface area contributed by atoms with Crippen LogP contribution in [0.4, 0.5) is 11.6 Å². The number of aryl methyl sites for hydroxylation is 1. The molecule has 0 bridgehead atoms. The van der Waals surface area contributed by atoms with Gasteiger partial charge in [0.05, 0.1) is 22.6 Å². The number of aromatic amines is 1. The molecule has 3 aromatic heterocycles. The summed E-state index contributed by atoms with van der Waals surface area (Å²) in [6, 6.07) is 7.93. The number of imidazole rings is 1. The molecule has 0 aliphatic carbocycles. The minimum absolute atomic E-state index is 0.0277. The number of halogens is 1. The van der Waals surface area contributed by atoms with E-state index in [0.29, 0.717) is 22.7 Å². The second-order valence-electron chi connectivity index (χ2n) is 9.36. The van der Waals surface area contributed by atoms with Crippen LogP contribution in [-0.2, 0) is 7.05 Å². The third-order valence-corrected chi connectivity index (χ3v) is 7.20. The molecule has 35 heavy (non-hydrogen) atoms. The summed E-state index contributed by atoms with van der Waals surface area (Å²) in [5, 5.41) is 4.62. The lowest BCUT2D eigenvalue weighted by molar-refractivity contribution is 0.0775. The zero-order valence-corrected chi connectivity index (χ0v) is 20.3. The van der Waals surface area contributed by atoms with Gasteiger partial charge in [-0.25, -0.2) is 15.0 Å². The molecule has 0 saturated carbocycles. The Balaban J connectivity index is 1.21. The van der Waals surface area contributed by atoms with E-state index in [-0.39, 0.29) is 5.91 Å². The predicted octanol–water partition coefficient (Wildman–Crippen LogP) is 4.07. The lowest BCUT2D eigenvalue weighted by atomic mass is 10.2. The highest BCUT2D eigenvalue weighted by Gasteiger charge is 2.32. The molecule has 6 rings (SSSR count). The summed E-state index contributed by atoms with van der Waals surface area (Å²) in [5.41, 5.74) is 3.55. The Morgan fingerprint density at radius 2 is 2.00 bits per heavy atom. The van der Waals surface area contributed by atoms with Crippen molar-refractivity contribution in [3.63, 3.8) is 0 Å². The van der Waals surface area contributed by atoms with Gasteiger partial charge in [-0.1, -0.05) is 11.6 Å². The Kier molecular flexibility index (Phi) is 5.66. The van der Waals surface area contributed by atoms with Gasteiger partial charge in [-0.3, -0.25) is 9.69 Å². The highest BCUT2D eigenvalue weighted by molar-refractivity contribution is 6.35. The average Bonchev–Trinajstić information content (AvgIpc) is 3.65. The van der Waals surface area contributed by atoms with Crippen molar-refractivity contribution in [1.82, 2.24) is 34.3 Å². The minimum Gasteiger partial charge on any atom is -0.349 e. The van der Waals surface area contributed by atoms with Gasteiger partial charge in [-0.15, -0.1) is 0 Å². The van der Waals surface area contributed by atoms with Gasteiger partial charge < -0.3 is 19.8 Å². The first kappa shape index (κ1) is 22.1. The van der Waals surface area contributed by atoms with Crippen molar-refractivity contribution in [2.45, 2.75) is 25.3 Å². The topological polar surface area (TPSA) is 95.0 Å². The Hall–Kier alpha value is -3.43. The Bertz CT molecular complexity index is 1390. The van der Waals surface area contributed by atoms with Crippen LogP contribution in [0.15, 0.2) is 43.0 Å². The van der Waals surface area contributed by atoms with Gasteiger partial charge in [0.2, 0.25) is 5.95 Å². The molecule has 0 spiro atoms. The first-order valence-electron chi connectivity index (χ1n) is 12.0. The van der Waals surface area contributed by atoms with Crippen molar-refractivity contribution < 1.29 is 4.79 Å². The van der Waals surface area contributed by atoms with Crippen LogP contribution in [0.2, 0.25) is 5.02 Å². The highest BCUT2D eigenvalue weighted by atomic mass is 35.5. The molecule has 2 aliphatic rings. The molecule has 4 aromatic rings. The summed E-state index contributed by atoms with van der Waals surface area (Å²) >= 11 is 6.59.